The predicted molar refractivity (Wildman–Crippen MR) is 77.2 cm³/mol. The first-order chi connectivity index (χ1) is 9.02. The molecule has 0 aromatic carbocycles. The van der Waals surface area contributed by atoms with E-state index in [-0.39, 0.29) is 5.92 Å². The van der Waals surface area contributed by atoms with Crippen molar-refractivity contribution >= 4 is 11.6 Å². The highest BCUT2D eigenvalue weighted by molar-refractivity contribution is 6.30. The molecule has 2 heterocycles. The first-order valence-electron chi connectivity index (χ1n) is 6.20. The average molecular weight is 277 g/mol. The second-order valence-corrected chi connectivity index (χ2v) is 5.07. The van der Waals surface area contributed by atoms with Gasteiger partial charge in [-0.15, -0.1) is 0 Å². The van der Waals surface area contributed by atoms with Crippen molar-refractivity contribution < 1.29 is 0 Å². The molecule has 2 rings (SSSR count). The second kappa shape index (κ2) is 5.63. The zero-order chi connectivity index (χ0) is 14.0. The Labute approximate surface area is 118 Å². The van der Waals surface area contributed by atoms with Gasteiger partial charge in [-0.25, -0.2) is 9.97 Å². The summed E-state index contributed by atoms with van der Waals surface area (Å²) >= 11 is 5.83. The number of pyridine rings is 1. The molecule has 4 nitrogen and oxygen atoms in total. The Kier molecular flexibility index (Phi) is 4.12. The van der Waals surface area contributed by atoms with E-state index in [0.29, 0.717) is 17.4 Å². The lowest BCUT2D eigenvalue weighted by atomic mass is 9.98. The van der Waals surface area contributed by atoms with E-state index < -0.39 is 0 Å². The zero-order valence-electron chi connectivity index (χ0n) is 11.3. The van der Waals surface area contributed by atoms with Crippen molar-refractivity contribution in [2.75, 3.05) is 6.54 Å². The van der Waals surface area contributed by atoms with E-state index in [9.17, 15) is 0 Å². The largest absolute Gasteiger partial charge is 0.330 e. The molecule has 0 spiro atoms. The topological polar surface area (TPSA) is 64.7 Å². The molecule has 2 aromatic rings. The van der Waals surface area contributed by atoms with Crippen molar-refractivity contribution in [2.24, 2.45) is 5.73 Å². The highest BCUT2D eigenvalue weighted by Crippen LogP contribution is 2.23. The third-order valence-corrected chi connectivity index (χ3v) is 3.35. The van der Waals surface area contributed by atoms with Crippen molar-refractivity contribution in [1.82, 2.24) is 15.0 Å². The SMILES string of the molecule is Cc1nc(-c2ccc(Cl)cn2)nc(C)c1C(C)CN. The highest BCUT2D eigenvalue weighted by atomic mass is 35.5. The minimum atomic E-state index is 0.257. The van der Waals surface area contributed by atoms with Gasteiger partial charge in [0.25, 0.3) is 0 Å². The first-order valence-corrected chi connectivity index (χ1v) is 6.58. The van der Waals surface area contributed by atoms with E-state index in [1.807, 2.05) is 19.9 Å². The molecule has 0 aliphatic carbocycles. The fourth-order valence-corrected chi connectivity index (χ4v) is 2.29. The van der Waals surface area contributed by atoms with Crippen molar-refractivity contribution in [1.29, 1.82) is 0 Å². The third kappa shape index (κ3) is 2.91. The molecule has 5 heteroatoms. The van der Waals surface area contributed by atoms with Gasteiger partial charge >= 0.3 is 0 Å². The molecule has 0 aliphatic heterocycles. The number of hydrogen-bond acceptors (Lipinski definition) is 4. The third-order valence-electron chi connectivity index (χ3n) is 3.13. The Hall–Kier alpha value is -1.52. The quantitative estimate of drug-likeness (QED) is 0.936. The molecule has 0 aliphatic rings. The maximum absolute atomic E-state index is 5.83. The van der Waals surface area contributed by atoms with Crippen molar-refractivity contribution in [3.8, 4) is 11.5 Å². The number of aromatic nitrogens is 3. The lowest BCUT2D eigenvalue weighted by molar-refractivity contribution is 0.743. The number of hydrogen-bond donors (Lipinski definition) is 1. The molecule has 0 fully saturated rings. The van der Waals surface area contributed by atoms with E-state index in [0.717, 1.165) is 22.6 Å². The van der Waals surface area contributed by atoms with Crippen LogP contribution < -0.4 is 5.73 Å². The molecule has 0 bridgehead atoms. The smallest absolute Gasteiger partial charge is 0.178 e. The molecule has 0 radical (unpaired) electrons. The van der Waals surface area contributed by atoms with E-state index >= 15 is 0 Å². The number of nitrogens with zero attached hydrogens (tertiary/aromatic N) is 3. The normalized spacial score (nSPS) is 12.5. The Morgan fingerprint density at radius 3 is 2.32 bits per heavy atom. The molecule has 100 valence electrons. The van der Waals surface area contributed by atoms with Crippen LogP contribution in [-0.4, -0.2) is 21.5 Å². The number of aryl methyl sites for hydroxylation is 2. The van der Waals surface area contributed by atoms with Gasteiger partial charge in [0.05, 0.1) is 5.02 Å². The van der Waals surface area contributed by atoms with Crippen LogP contribution in [0.3, 0.4) is 0 Å². The second-order valence-electron chi connectivity index (χ2n) is 4.63. The minimum Gasteiger partial charge on any atom is -0.330 e. The predicted octanol–water partition coefficient (Wildman–Crippen LogP) is 2.87. The fraction of sp³-hybridized carbons (Fsp3) is 0.357. The number of rotatable bonds is 3. The monoisotopic (exact) mass is 276 g/mol. The van der Waals surface area contributed by atoms with Gasteiger partial charge in [-0.2, -0.15) is 0 Å². The first kappa shape index (κ1) is 13.9. The highest BCUT2D eigenvalue weighted by Gasteiger charge is 2.15. The van der Waals surface area contributed by atoms with Gasteiger partial charge < -0.3 is 5.73 Å². The van der Waals surface area contributed by atoms with Gasteiger partial charge in [-0.1, -0.05) is 18.5 Å². The van der Waals surface area contributed by atoms with Crippen molar-refractivity contribution in [3.63, 3.8) is 0 Å². The molecule has 0 saturated carbocycles. The molecule has 2 aromatic heterocycles. The van der Waals surface area contributed by atoms with Crippen LogP contribution in [0.4, 0.5) is 0 Å². The summed E-state index contributed by atoms with van der Waals surface area (Å²) in [5.41, 5.74) is 9.49. The average Bonchev–Trinajstić information content (AvgIpc) is 2.38. The Morgan fingerprint density at radius 1 is 1.21 bits per heavy atom. The summed E-state index contributed by atoms with van der Waals surface area (Å²) < 4.78 is 0. The van der Waals surface area contributed by atoms with Gasteiger partial charge in [0.1, 0.15) is 5.69 Å². The Morgan fingerprint density at radius 2 is 1.84 bits per heavy atom. The summed E-state index contributed by atoms with van der Waals surface area (Å²) in [6.45, 7) is 6.63. The minimum absolute atomic E-state index is 0.257. The van der Waals surface area contributed by atoms with Crippen LogP contribution in [0, 0.1) is 13.8 Å². The van der Waals surface area contributed by atoms with Crippen LogP contribution in [-0.2, 0) is 0 Å². The molecule has 2 N–H and O–H groups in total. The van der Waals surface area contributed by atoms with Gasteiger partial charge in [0.15, 0.2) is 5.82 Å². The molecular weight excluding hydrogens is 260 g/mol. The summed E-state index contributed by atoms with van der Waals surface area (Å²) in [6.07, 6.45) is 1.60. The van der Waals surface area contributed by atoms with Crippen molar-refractivity contribution in [2.45, 2.75) is 26.7 Å². The molecular formula is C14H17ClN4. The van der Waals surface area contributed by atoms with Crippen LogP contribution >= 0.6 is 11.6 Å². The van der Waals surface area contributed by atoms with E-state index in [4.69, 9.17) is 17.3 Å². The standard InChI is InChI=1S/C14H17ClN4/c1-8(6-16)13-9(2)18-14(19-10(13)3)12-5-4-11(15)7-17-12/h4-5,7-8H,6,16H2,1-3H3. The number of halogens is 1. The van der Waals surface area contributed by atoms with E-state index in [1.54, 1.807) is 12.3 Å². The van der Waals surface area contributed by atoms with Gasteiger partial charge in [0.2, 0.25) is 0 Å². The summed E-state index contributed by atoms with van der Waals surface area (Å²) in [5.74, 6) is 0.881. The maximum atomic E-state index is 5.83. The van der Waals surface area contributed by atoms with Crippen LogP contribution in [0.1, 0.15) is 29.8 Å². The Bertz CT molecular complexity index is 557. The van der Waals surface area contributed by atoms with Crippen LogP contribution in [0.2, 0.25) is 5.02 Å². The number of nitrogens with two attached hydrogens (primary N) is 1. The maximum Gasteiger partial charge on any atom is 0.178 e. The molecule has 1 atom stereocenters. The molecule has 0 saturated heterocycles. The van der Waals surface area contributed by atoms with Crippen molar-refractivity contribution in [3.05, 3.63) is 40.3 Å². The zero-order valence-corrected chi connectivity index (χ0v) is 12.1. The van der Waals surface area contributed by atoms with Crippen LogP contribution in [0.25, 0.3) is 11.5 Å². The van der Waals surface area contributed by atoms with Crippen LogP contribution in [0.15, 0.2) is 18.3 Å². The van der Waals surface area contributed by atoms with E-state index in [2.05, 4.69) is 21.9 Å². The van der Waals surface area contributed by atoms with Gasteiger partial charge in [-0.05, 0) is 44.0 Å². The summed E-state index contributed by atoms with van der Waals surface area (Å²) in [6, 6.07) is 3.61. The van der Waals surface area contributed by atoms with Gasteiger partial charge in [0, 0.05) is 17.6 Å². The fourth-order valence-electron chi connectivity index (χ4n) is 2.18. The summed E-state index contributed by atoms with van der Waals surface area (Å²) in [5, 5.41) is 0.602. The summed E-state index contributed by atoms with van der Waals surface area (Å²) in [4.78, 5) is 13.3. The Balaban J connectivity index is 2.48. The summed E-state index contributed by atoms with van der Waals surface area (Å²) in [7, 11) is 0. The molecule has 0 amide bonds. The molecule has 19 heavy (non-hydrogen) atoms. The molecule has 1 unspecified atom stereocenters. The van der Waals surface area contributed by atoms with Gasteiger partial charge in [-0.3, -0.25) is 4.98 Å². The lowest BCUT2D eigenvalue weighted by Crippen LogP contribution is -2.14. The van der Waals surface area contributed by atoms with Crippen LogP contribution in [0.5, 0.6) is 0 Å². The van der Waals surface area contributed by atoms with E-state index in [1.165, 1.54) is 0 Å². The lowest BCUT2D eigenvalue weighted by Gasteiger charge is -2.15.